The zero-order valence-corrected chi connectivity index (χ0v) is 12.9. The lowest BCUT2D eigenvalue weighted by molar-refractivity contribution is 0.104. The highest BCUT2D eigenvalue weighted by atomic mass is 16.5. The van der Waals surface area contributed by atoms with Crippen molar-refractivity contribution in [2.45, 2.75) is 0 Å². The summed E-state index contributed by atoms with van der Waals surface area (Å²) in [5, 5.41) is 10.6. The number of aromatic hydroxyl groups is 1. The molecule has 0 saturated heterocycles. The number of fused-ring (bicyclic) bond motifs is 1. The first-order valence-corrected chi connectivity index (χ1v) is 7.21. The van der Waals surface area contributed by atoms with Crippen molar-refractivity contribution < 1.29 is 19.1 Å². The maximum atomic E-state index is 12.3. The fourth-order valence-electron chi connectivity index (χ4n) is 2.35. The Morgan fingerprint density at radius 3 is 2.75 bits per heavy atom. The summed E-state index contributed by atoms with van der Waals surface area (Å²) >= 11 is 0. The standard InChI is InChI=1S/C19H14O5/c1-23-13-6-4-5-12(11-13)9-10-15(20)17-18(21)14-7-2-3-8-16(14)24-19(17)22/h2-11,21H,1H3. The summed E-state index contributed by atoms with van der Waals surface area (Å²) in [4.78, 5) is 24.3. The molecule has 1 N–H and O–H groups in total. The van der Waals surface area contributed by atoms with Crippen LogP contribution in [0.1, 0.15) is 15.9 Å². The van der Waals surface area contributed by atoms with E-state index in [0.29, 0.717) is 11.1 Å². The minimum atomic E-state index is -0.869. The van der Waals surface area contributed by atoms with Crippen LogP contribution in [0.4, 0.5) is 0 Å². The van der Waals surface area contributed by atoms with Gasteiger partial charge in [0.1, 0.15) is 22.6 Å². The van der Waals surface area contributed by atoms with E-state index in [9.17, 15) is 14.7 Å². The Hall–Kier alpha value is -3.34. The van der Waals surface area contributed by atoms with Crippen molar-refractivity contribution in [2.75, 3.05) is 7.11 Å². The van der Waals surface area contributed by atoms with Gasteiger partial charge in [0.25, 0.3) is 0 Å². The first-order valence-electron chi connectivity index (χ1n) is 7.21. The summed E-state index contributed by atoms with van der Waals surface area (Å²) in [6.07, 6.45) is 2.76. The van der Waals surface area contributed by atoms with Crippen LogP contribution in [-0.4, -0.2) is 18.0 Å². The number of carbonyl (C=O) groups is 1. The number of hydrogen-bond donors (Lipinski definition) is 1. The van der Waals surface area contributed by atoms with Gasteiger partial charge in [-0.25, -0.2) is 4.79 Å². The number of carbonyl (C=O) groups excluding carboxylic acids is 1. The van der Waals surface area contributed by atoms with Crippen molar-refractivity contribution >= 4 is 22.8 Å². The second-order valence-corrected chi connectivity index (χ2v) is 5.08. The van der Waals surface area contributed by atoms with Gasteiger partial charge in [-0.05, 0) is 35.9 Å². The van der Waals surface area contributed by atoms with Gasteiger partial charge < -0.3 is 14.3 Å². The van der Waals surface area contributed by atoms with Gasteiger partial charge in [0.15, 0.2) is 5.78 Å². The molecule has 0 radical (unpaired) electrons. The Labute approximate surface area is 137 Å². The minimum absolute atomic E-state index is 0.230. The van der Waals surface area contributed by atoms with E-state index in [1.807, 2.05) is 0 Å². The van der Waals surface area contributed by atoms with Crippen LogP contribution in [0.5, 0.6) is 11.5 Å². The molecule has 24 heavy (non-hydrogen) atoms. The maximum Gasteiger partial charge on any atom is 0.351 e. The number of rotatable bonds is 4. The van der Waals surface area contributed by atoms with Crippen LogP contribution in [0.15, 0.2) is 63.8 Å². The average Bonchev–Trinajstić information content (AvgIpc) is 2.60. The molecule has 3 aromatic rings. The molecule has 120 valence electrons. The van der Waals surface area contributed by atoms with Crippen LogP contribution >= 0.6 is 0 Å². The molecule has 0 atom stereocenters. The molecule has 0 saturated carbocycles. The number of allylic oxidation sites excluding steroid dienone is 1. The van der Waals surface area contributed by atoms with Crippen LogP contribution in [0, 0.1) is 0 Å². The topological polar surface area (TPSA) is 76.7 Å². The third kappa shape index (κ3) is 2.92. The Balaban J connectivity index is 1.99. The van der Waals surface area contributed by atoms with Gasteiger partial charge in [-0.2, -0.15) is 0 Å². The van der Waals surface area contributed by atoms with Crippen LogP contribution in [0.2, 0.25) is 0 Å². The van der Waals surface area contributed by atoms with Gasteiger partial charge in [-0.15, -0.1) is 0 Å². The molecule has 1 heterocycles. The highest BCUT2D eigenvalue weighted by Gasteiger charge is 2.18. The van der Waals surface area contributed by atoms with E-state index in [0.717, 1.165) is 5.56 Å². The number of methoxy groups -OCH3 is 1. The highest BCUT2D eigenvalue weighted by Crippen LogP contribution is 2.26. The summed E-state index contributed by atoms with van der Waals surface area (Å²) in [7, 11) is 1.55. The van der Waals surface area contributed by atoms with Gasteiger partial charge in [-0.3, -0.25) is 4.79 Å². The molecule has 0 amide bonds. The van der Waals surface area contributed by atoms with E-state index in [1.165, 1.54) is 6.08 Å². The van der Waals surface area contributed by atoms with Crippen molar-refractivity contribution in [3.8, 4) is 11.5 Å². The molecule has 0 aliphatic rings. The summed E-state index contributed by atoms with van der Waals surface area (Å²) in [6.45, 7) is 0. The molecule has 5 heteroatoms. The summed E-state index contributed by atoms with van der Waals surface area (Å²) in [5.74, 6) is -0.352. The molecular weight excluding hydrogens is 308 g/mol. The number of benzene rings is 2. The minimum Gasteiger partial charge on any atom is -0.506 e. The molecule has 5 nitrogen and oxygen atoms in total. The predicted molar refractivity (Wildman–Crippen MR) is 90.5 cm³/mol. The van der Waals surface area contributed by atoms with E-state index >= 15 is 0 Å². The second-order valence-electron chi connectivity index (χ2n) is 5.08. The second kappa shape index (κ2) is 6.42. The van der Waals surface area contributed by atoms with Crippen LogP contribution in [-0.2, 0) is 0 Å². The van der Waals surface area contributed by atoms with E-state index in [4.69, 9.17) is 9.15 Å². The van der Waals surface area contributed by atoms with E-state index in [-0.39, 0.29) is 16.9 Å². The molecule has 0 aliphatic heterocycles. The lowest BCUT2D eigenvalue weighted by atomic mass is 10.1. The quantitative estimate of drug-likeness (QED) is 0.452. The highest BCUT2D eigenvalue weighted by molar-refractivity contribution is 6.10. The Morgan fingerprint density at radius 1 is 1.17 bits per heavy atom. The number of ether oxygens (including phenoxy) is 1. The Kier molecular flexibility index (Phi) is 4.16. The SMILES string of the molecule is COc1cccc(C=CC(=O)c2c(O)c3ccccc3oc2=O)c1. The molecule has 1 aromatic heterocycles. The van der Waals surface area contributed by atoms with Crippen LogP contribution in [0.3, 0.4) is 0 Å². The first kappa shape index (κ1) is 15.6. The van der Waals surface area contributed by atoms with Crippen molar-refractivity contribution in [3.05, 3.63) is 76.2 Å². The fourth-order valence-corrected chi connectivity index (χ4v) is 2.35. The first-order chi connectivity index (χ1) is 11.6. The molecule has 0 unspecified atom stereocenters. The van der Waals surface area contributed by atoms with Gasteiger partial charge >= 0.3 is 5.63 Å². The van der Waals surface area contributed by atoms with Crippen molar-refractivity contribution in [3.63, 3.8) is 0 Å². The molecule has 3 rings (SSSR count). The smallest absolute Gasteiger partial charge is 0.351 e. The Morgan fingerprint density at radius 2 is 1.96 bits per heavy atom. The normalized spacial score (nSPS) is 11.0. The molecule has 0 fully saturated rings. The zero-order chi connectivity index (χ0) is 17.1. The van der Waals surface area contributed by atoms with Crippen LogP contribution in [0.25, 0.3) is 17.0 Å². The van der Waals surface area contributed by atoms with Gasteiger partial charge in [0.2, 0.25) is 0 Å². The van der Waals surface area contributed by atoms with Gasteiger partial charge in [-0.1, -0.05) is 30.3 Å². The molecule has 2 aromatic carbocycles. The van der Waals surface area contributed by atoms with Crippen LogP contribution < -0.4 is 10.4 Å². The summed E-state index contributed by atoms with van der Waals surface area (Å²) in [5.41, 5.74) is -0.292. The van der Waals surface area contributed by atoms with Crippen molar-refractivity contribution in [2.24, 2.45) is 0 Å². The predicted octanol–water partition coefficient (Wildman–Crippen LogP) is 3.40. The van der Waals surface area contributed by atoms with E-state index < -0.39 is 11.4 Å². The van der Waals surface area contributed by atoms with Crippen molar-refractivity contribution in [1.82, 2.24) is 0 Å². The monoisotopic (exact) mass is 322 g/mol. The molecule has 0 aliphatic carbocycles. The average molecular weight is 322 g/mol. The number of hydrogen-bond acceptors (Lipinski definition) is 5. The fraction of sp³-hybridized carbons (Fsp3) is 0.0526. The summed E-state index contributed by atoms with van der Waals surface area (Å²) in [6, 6.07) is 13.6. The largest absolute Gasteiger partial charge is 0.506 e. The van der Waals surface area contributed by atoms with E-state index in [2.05, 4.69) is 0 Å². The van der Waals surface area contributed by atoms with Gasteiger partial charge in [0, 0.05) is 0 Å². The van der Waals surface area contributed by atoms with Gasteiger partial charge in [0.05, 0.1) is 12.5 Å². The number of para-hydroxylation sites is 1. The van der Waals surface area contributed by atoms with Crippen molar-refractivity contribution in [1.29, 1.82) is 0 Å². The third-order valence-electron chi connectivity index (χ3n) is 3.55. The Bertz CT molecular complexity index is 998. The maximum absolute atomic E-state index is 12.3. The molecular formula is C19H14O5. The lowest BCUT2D eigenvalue weighted by Gasteiger charge is -2.03. The molecule has 0 bridgehead atoms. The molecule has 0 spiro atoms. The lowest BCUT2D eigenvalue weighted by Crippen LogP contribution is -2.12. The summed E-state index contributed by atoms with van der Waals surface area (Å²) < 4.78 is 10.2. The zero-order valence-electron chi connectivity index (χ0n) is 12.9. The van der Waals surface area contributed by atoms with E-state index in [1.54, 1.807) is 61.7 Å². The number of ketones is 1. The third-order valence-corrected chi connectivity index (χ3v) is 3.55.